The zero-order valence-electron chi connectivity index (χ0n) is 6.40. The summed E-state index contributed by atoms with van der Waals surface area (Å²) in [6.07, 6.45) is 4.33. The van der Waals surface area contributed by atoms with E-state index in [2.05, 4.69) is 11.6 Å². The monoisotopic (exact) mass is 148 g/mol. The second-order valence-corrected chi connectivity index (χ2v) is 2.39. The molecule has 0 spiro atoms. The molecule has 2 nitrogen and oxygen atoms in total. The highest BCUT2D eigenvalue weighted by Crippen LogP contribution is 2.09. The van der Waals surface area contributed by atoms with E-state index in [-0.39, 0.29) is 6.04 Å². The van der Waals surface area contributed by atoms with Crippen molar-refractivity contribution >= 4 is 0 Å². The van der Waals surface area contributed by atoms with Gasteiger partial charge in [-0.1, -0.05) is 12.1 Å². The van der Waals surface area contributed by atoms with Crippen molar-refractivity contribution < 1.29 is 0 Å². The van der Waals surface area contributed by atoms with Gasteiger partial charge < -0.3 is 5.73 Å². The number of nitrogens with two attached hydrogens (primary N) is 1. The van der Waals surface area contributed by atoms with Gasteiger partial charge in [0.1, 0.15) is 0 Å². The van der Waals surface area contributed by atoms with Crippen LogP contribution in [0.25, 0.3) is 0 Å². The maximum absolute atomic E-state index is 5.77. The summed E-state index contributed by atoms with van der Waals surface area (Å²) in [5.74, 6) is 0. The molecule has 0 saturated heterocycles. The molecular formula is C9H12N2. The Balaban J connectivity index is 2.68. The van der Waals surface area contributed by atoms with Gasteiger partial charge in [0.05, 0.1) is 11.7 Å². The third-order valence-electron chi connectivity index (χ3n) is 1.49. The predicted octanol–water partition coefficient (Wildman–Crippen LogP) is 1.66. The van der Waals surface area contributed by atoms with Gasteiger partial charge in [0.15, 0.2) is 0 Å². The fraction of sp³-hybridized carbons (Fsp3) is 0.222. The summed E-state index contributed by atoms with van der Waals surface area (Å²) < 4.78 is 0. The van der Waals surface area contributed by atoms with Gasteiger partial charge >= 0.3 is 0 Å². The Bertz CT molecular complexity index is 218. The van der Waals surface area contributed by atoms with Crippen molar-refractivity contribution in [1.29, 1.82) is 0 Å². The van der Waals surface area contributed by atoms with Crippen LogP contribution in [0.1, 0.15) is 18.2 Å². The summed E-state index contributed by atoms with van der Waals surface area (Å²) in [5.41, 5.74) is 6.70. The Morgan fingerprint density at radius 3 is 3.00 bits per heavy atom. The lowest BCUT2D eigenvalue weighted by atomic mass is 10.1. The fourth-order valence-corrected chi connectivity index (χ4v) is 0.896. The Hall–Kier alpha value is -1.15. The van der Waals surface area contributed by atoms with Crippen LogP contribution in [0.2, 0.25) is 0 Å². The number of aromatic nitrogens is 1. The van der Waals surface area contributed by atoms with Crippen LogP contribution >= 0.6 is 0 Å². The summed E-state index contributed by atoms with van der Waals surface area (Å²) in [6, 6.07) is 5.73. The van der Waals surface area contributed by atoms with E-state index in [4.69, 9.17) is 5.73 Å². The largest absolute Gasteiger partial charge is 0.322 e. The highest BCUT2D eigenvalue weighted by atomic mass is 14.8. The molecule has 0 saturated carbocycles. The van der Waals surface area contributed by atoms with E-state index >= 15 is 0 Å². The van der Waals surface area contributed by atoms with Crippen molar-refractivity contribution in [3.8, 4) is 0 Å². The van der Waals surface area contributed by atoms with Gasteiger partial charge in [-0.15, -0.1) is 6.58 Å². The van der Waals surface area contributed by atoms with E-state index < -0.39 is 0 Å². The lowest BCUT2D eigenvalue weighted by Gasteiger charge is -2.06. The van der Waals surface area contributed by atoms with Crippen molar-refractivity contribution in [1.82, 2.24) is 4.98 Å². The van der Waals surface area contributed by atoms with Crippen LogP contribution in [-0.2, 0) is 0 Å². The molecule has 1 rings (SSSR count). The summed E-state index contributed by atoms with van der Waals surface area (Å²) in [4.78, 5) is 4.12. The molecule has 0 amide bonds. The van der Waals surface area contributed by atoms with Crippen LogP contribution in [0, 0.1) is 0 Å². The third kappa shape index (κ3) is 2.16. The highest BCUT2D eigenvalue weighted by Gasteiger charge is 2.02. The number of hydrogen-bond acceptors (Lipinski definition) is 2. The SMILES string of the molecule is C=CC[C@@H](N)c1ccccn1. The summed E-state index contributed by atoms with van der Waals surface area (Å²) in [7, 11) is 0. The van der Waals surface area contributed by atoms with Crippen LogP contribution < -0.4 is 5.73 Å². The molecule has 0 radical (unpaired) electrons. The van der Waals surface area contributed by atoms with E-state index in [9.17, 15) is 0 Å². The van der Waals surface area contributed by atoms with E-state index in [1.165, 1.54) is 0 Å². The van der Waals surface area contributed by atoms with Crippen molar-refractivity contribution in [2.45, 2.75) is 12.5 Å². The van der Waals surface area contributed by atoms with Crippen molar-refractivity contribution in [2.24, 2.45) is 5.73 Å². The van der Waals surface area contributed by atoms with Crippen molar-refractivity contribution in [2.75, 3.05) is 0 Å². The van der Waals surface area contributed by atoms with Gasteiger partial charge in [0, 0.05) is 6.20 Å². The Morgan fingerprint density at radius 1 is 1.64 bits per heavy atom. The minimum Gasteiger partial charge on any atom is -0.322 e. The van der Waals surface area contributed by atoms with E-state index in [0.29, 0.717) is 0 Å². The molecule has 0 aromatic carbocycles. The molecule has 0 aliphatic rings. The maximum Gasteiger partial charge on any atom is 0.0574 e. The summed E-state index contributed by atoms with van der Waals surface area (Å²) in [5, 5.41) is 0. The lowest BCUT2D eigenvalue weighted by molar-refractivity contribution is 0.714. The minimum atomic E-state index is -0.00583. The van der Waals surface area contributed by atoms with Gasteiger partial charge in [-0.25, -0.2) is 0 Å². The highest BCUT2D eigenvalue weighted by molar-refractivity contribution is 5.08. The van der Waals surface area contributed by atoms with Gasteiger partial charge in [-0.2, -0.15) is 0 Å². The molecular weight excluding hydrogens is 136 g/mol. The smallest absolute Gasteiger partial charge is 0.0574 e. The van der Waals surface area contributed by atoms with E-state index in [1.54, 1.807) is 12.3 Å². The zero-order chi connectivity index (χ0) is 8.10. The number of hydrogen-bond donors (Lipinski definition) is 1. The maximum atomic E-state index is 5.77. The molecule has 0 unspecified atom stereocenters. The van der Waals surface area contributed by atoms with Crippen LogP contribution in [-0.4, -0.2) is 4.98 Å². The third-order valence-corrected chi connectivity index (χ3v) is 1.49. The van der Waals surface area contributed by atoms with Crippen LogP contribution in [0.15, 0.2) is 37.1 Å². The molecule has 0 bridgehead atoms. The minimum absolute atomic E-state index is 0.00583. The first-order valence-electron chi connectivity index (χ1n) is 3.62. The molecule has 1 aromatic heterocycles. The molecule has 0 fully saturated rings. The zero-order valence-corrected chi connectivity index (χ0v) is 6.40. The molecule has 0 aliphatic heterocycles. The average molecular weight is 148 g/mol. The second-order valence-electron chi connectivity index (χ2n) is 2.39. The predicted molar refractivity (Wildman–Crippen MR) is 46.0 cm³/mol. The first-order valence-corrected chi connectivity index (χ1v) is 3.62. The molecule has 2 N–H and O–H groups in total. The van der Waals surface area contributed by atoms with Crippen LogP contribution in [0.4, 0.5) is 0 Å². The summed E-state index contributed by atoms with van der Waals surface area (Å²) in [6.45, 7) is 3.62. The molecule has 11 heavy (non-hydrogen) atoms. The lowest BCUT2D eigenvalue weighted by Crippen LogP contribution is -2.10. The first kappa shape index (κ1) is 7.95. The molecule has 2 heteroatoms. The fourth-order valence-electron chi connectivity index (χ4n) is 0.896. The number of rotatable bonds is 3. The first-order chi connectivity index (χ1) is 5.34. The van der Waals surface area contributed by atoms with E-state index in [0.717, 1.165) is 12.1 Å². The van der Waals surface area contributed by atoms with Gasteiger partial charge in [-0.05, 0) is 18.6 Å². The van der Waals surface area contributed by atoms with Crippen LogP contribution in [0.5, 0.6) is 0 Å². The molecule has 58 valence electrons. The Labute approximate surface area is 66.8 Å². The number of pyridine rings is 1. The number of nitrogens with zero attached hydrogens (tertiary/aromatic N) is 1. The van der Waals surface area contributed by atoms with Crippen molar-refractivity contribution in [3.63, 3.8) is 0 Å². The molecule has 1 heterocycles. The summed E-state index contributed by atoms with van der Waals surface area (Å²) >= 11 is 0. The van der Waals surface area contributed by atoms with E-state index in [1.807, 2.05) is 18.2 Å². The quantitative estimate of drug-likeness (QED) is 0.662. The van der Waals surface area contributed by atoms with Crippen molar-refractivity contribution in [3.05, 3.63) is 42.7 Å². The van der Waals surface area contributed by atoms with Gasteiger partial charge in [-0.3, -0.25) is 4.98 Å². The van der Waals surface area contributed by atoms with Gasteiger partial charge in [0.2, 0.25) is 0 Å². The average Bonchev–Trinajstić information content (AvgIpc) is 2.07. The molecule has 1 atom stereocenters. The topological polar surface area (TPSA) is 38.9 Å². The molecule has 1 aromatic rings. The Morgan fingerprint density at radius 2 is 2.45 bits per heavy atom. The van der Waals surface area contributed by atoms with Crippen LogP contribution in [0.3, 0.4) is 0 Å². The molecule has 0 aliphatic carbocycles. The standard InChI is InChI=1S/C9H12N2/c1-2-5-8(10)9-6-3-4-7-11-9/h2-4,6-8H,1,5,10H2/t8-/m1/s1. The normalized spacial score (nSPS) is 12.5. The van der Waals surface area contributed by atoms with Gasteiger partial charge in [0.25, 0.3) is 0 Å². The Kier molecular flexibility index (Phi) is 2.81. The second kappa shape index (κ2) is 3.88.